The first-order valence-corrected chi connectivity index (χ1v) is 4.79. The highest BCUT2D eigenvalue weighted by Gasteiger charge is 2.15. The molecule has 0 atom stereocenters. The van der Waals surface area contributed by atoms with Gasteiger partial charge in [-0.1, -0.05) is 18.2 Å². The van der Waals surface area contributed by atoms with Crippen LogP contribution in [0.15, 0.2) is 42.5 Å². The molecule has 0 fully saturated rings. The molecule has 2 aromatic rings. The van der Waals surface area contributed by atoms with Crippen LogP contribution in [0.3, 0.4) is 0 Å². The maximum absolute atomic E-state index is 9.68. The second-order valence-electron chi connectivity index (χ2n) is 3.50. The van der Waals surface area contributed by atoms with E-state index in [1.54, 1.807) is 6.07 Å². The van der Waals surface area contributed by atoms with Crippen LogP contribution in [0.5, 0.6) is 5.75 Å². The summed E-state index contributed by atoms with van der Waals surface area (Å²) >= 11 is 0. The van der Waals surface area contributed by atoms with Crippen molar-refractivity contribution in [1.82, 2.24) is 0 Å². The zero-order valence-electron chi connectivity index (χ0n) is 7.99. The Morgan fingerprint density at radius 2 is 1.40 bits per heavy atom. The summed E-state index contributed by atoms with van der Waals surface area (Å²) in [5.41, 5.74) is 3.63. The number of rotatable bonds is 0. The highest BCUT2D eigenvalue weighted by Crippen LogP contribution is 2.42. The summed E-state index contributed by atoms with van der Waals surface area (Å²) in [7, 11) is 0. The van der Waals surface area contributed by atoms with E-state index in [1.807, 2.05) is 36.4 Å². The van der Waals surface area contributed by atoms with Gasteiger partial charge in [0.2, 0.25) is 0 Å². The van der Waals surface area contributed by atoms with Gasteiger partial charge in [0.05, 0.1) is 17.1 Å². The van der Waals surface area contributed by atoms with Crippen LogP contribution >= 0.6 is 0 Å². The van der Waals surface area contributed by atoms with Gasteiger partial charge in [0, 0.05) is 0 Å². The molecule has 0 amide bonds. The highest BCUT2D eigenvalue weighted by molar-refractivity contribution is 5.92. The lowest BCUT2D eigenvalue weighted by Gasteiger charge is -2.23. The molecule has 0 saturated carbocycles. The van der Waals surface area contributed by atoms with Crippen molar-refractivity contribution in [3.8, 4) is 5.75 Å². The molecule has 15 heavy (non-hydrogen) atoms. The molecule has 0 spiro atoms. The van der Waals surface area contributed by atoms with E-state index < -0.39 is 0 Å². The minimum absolute atomic E-state index is 0.259. The molecule has 3 rings (SSSR count). The first-order chi connectivity index (χ1) is 7.34. The van der Waals surface area contributed by atoms with Gasteiger partial charge in [-0.25, -0.2) is 0 Å². The summed E-state index contributed by atoms with van der Waals surface area (Å²) < 4.78 is 0. The van der Waals surface area contributed by atoms with Gasteiger partial charge in [0.1, 0.15) is 11.4 Å². The minimum atomic E-state index is 0.259. The quantitative estimate of drug-likeness (QED) is 0.486. The van der Waals surface area contributed by atoms with Gasteiger partial charge >= 0.3 is 0 Å². The number of hydrogen-bond donors (Lipinski definition) is 3. The Balaban J connectivity index is 2.15. The topological polar surface area (TPSA) is 44.3 Å². The predicted octanol–water partition coefficient (Wildman–Crippen LogP) is 3.19. The third-order valence-corrected chi connectivity index (χ3v) is 2.50. The van der Waals surface area contributed by atoms with E-state index in [0.29, 0.717) is 0 Å². The predicted molar refractivity (Wildman–Crippen MR) is 61.1 cm³/mol. The largest absolute Gasteiger partial charge is 0.506 e. The normalized spacial score (nSPS) is 12.0. The standard InChI is InChI=1S/C12H10N2O/c15-11-7-3-6-10-12(11)14-9-5-2-1-4-8(9)13-10/h1-7,13-15H. The molecule has 1 heterocycles. The summed E-state index contributed by atoms with van der Waals surface area (Å²) in [6.07, 6.45) is 0. The van der Waals surface area contributed by atoms with E-state index in [0.717, 1.165) is 22.7 Å². The third kappa shape index (κ3) is 1.21. The zero-order valence-corrected chi connectivity index (χ0v) is 7.99. The number of benzene rings is 2. The minimum Gasteiger partial charge on any atom is -0.506 e. The average Bonchev–Trinajstić information content (AvgIpc) is 2.27. The van der Waals surface area contributed by atoms with Crippen LogP contribution in [0, 0.1) is 0 Å². The van der Waals surface area contributed by atoms with Gasteiger partial charge in [-0.2, -0.15) is 0 Å². The number of nitrogens with one attached hydrogen (secondary N) is 2. The molecule has 0 aliphatic carbocycles. The summed E-state index contributed by atoms with van der Waals surface area (Å²) in [5.74, 6) is 0.259. The van der Waals surface area contributed by atoms with Crippen molar-refractivity contribution >= 4 is 22.7 Å². The highest BCUT2D eigenvalue weighted by atomic mass is 16.3. The Bertz CT molecular complexity index is 523. The molecule has 0 unspecified atom stereocenters. The van der Waals surface area contributed by atoms with E-state index in [9.17, 15) is 5.11 Å². The number of aromatic hydroxyl groups is 1. The Morgan fingerprint density at radius 1 is 0.733 bits per heavy atom. The van der Waals surface area contributed by atoms with E-state index in [4.69, 9.17) is 0 Å². The third-order valence-electron chi connectivity index (χ3n) is 2.50. The van der Waals surface area contributed by atoms with Crippen LogP contribution < -0.4 is 10.6 Å². The van der Waals surface area contributed by atoms with Gasteiger partial charge < -0.3 is 15.7 Å². The van der Waals surface area contributed by atoms with Crippen LogP contribution in [0.4, 0.5) is 22.7 Å². The molecule has 1 aliphatic heterocycles. The van der Waals surface area contributed by atoms with Gasteiger partial charge in [0.15, 0.2) is 0 Å². The first-order valence-electron chi connectivity index (χ1n) is 4.79. The number of phenols is 1. The Hall–Kier alpha value is -2.16. The average molecular weight is 198 g/mol. The number of phenolic OH excluding ortho intramolecular Hbond substituents is 1. The molecule has 3 heteroatoms. The molecule has 0 saturated heterocycles. The van der Waals surface area contributed by atoms with Crippen molar-refractivity contribution in [2.45, 2.75) is 0 Å². The molecule has 2 aromatic carbocycles. The van der Waals surface area contributed by atoms with Crippen LogP contribution in [0.25, 0.3) is 0 Å². The molecule has 3 N–H and O–H groups in total. The number of para-hydroxylation sites is 3. The molecule has 0 aromatic heterocycles. The molecule has 74 valence electrons. The summed E-state index contributed by atoms with van der Waals surface area (Å²) in [6, 6.07) is 13.3. The van der Waals surface area contributed by atoms with Crippen molar-refractivity contribution in [1.29, 1.82) is 0 Å². The monoisotopic (exact) mass is 198 g/mol. The maximum Gasteiger partial charge on any atom is 0.141 e. The fourth-order valence-electron chi connectivity index (χ4n) is 1.76. The molecule has 0 radical (unpaired) electrons. The number of anilines is 4. The van der Waals surface area contributed by atoms with E-state index >= 15 is 0 Å². The van der Waals surface area contributed by atoms with E-state index in [1.165, 1.54) is 0 Å². The van der Waals surface area contributed by atoms with Crippen molar-refractivity contribution in [2.75, 3.05) is 10.6 Å². The van der Waals surface area contributed by atoms with Gasteiger partial charge in [-0.05, 0) is 24.3 Å². The number of fused-ring (bicyclic) bond motifs is 2. The van der Waals surface area contributed by atoms with Crippen molar-refractivity contribution in [3.05, 3.63) is 42.5 Å². The maximum atomic E-state index is 9.68. The lowest BCUT2D eigenvalue weighted by Crippen LogP contribution is -2.05. The van der Waals surface area contributed by atoms with Crippen LogP contribution in [0.2, 0.25) is 0 Å². The summed E-state index contributed by atoms with van der Waals surface area (Å²) in [6.45, 7) is 0. The summed E-state index contributed by atoms with van der Waals surface area (Å²) in [5, 5.41) is 16.1. The van der Waals surface area contributed by atoms with Crippen LogP contribution in [-0.2, 0) is 0 Å². The van der Waals surface area contributed by atoms with Gasteiger partial charge in [0.25, 0.3) is 0 Å². The SMILES string of the molecule is Oc1cccc2c1Nc1ccccc1N2. The van der Waals surface area contributed by atoms with Gasteiger partial charge in [-0.3, -0.25) is 0 Å². The fraction of sp³-hybridized carbons (Fsp3) is 0. The molecule has 0 bridgehead atoms. The second kappa shape index (κ2) is 2.92. The molecular formula is C12H10N2O. The number of hydrogen-bond acceptors (Lipinski definition) is 3. The molecular weight excluding hydrogens is 188 g/mol. The zero-order chi connectivity index (χ0) is 10.3. The Labute approximate surface area is 87.4 Å². The smallest absolute Gasteiger partial charge is 0.141 e. The van der Waals surface area contributed by atoms with Crippen molar-refractivity contribution in [2.24, 2.45) is 0 Å². The lowest BCUT2D eigenvalue weighted by molar-refractivity contribution is 0.478. The fourth-order valence-corrected chi connectivity index (χ4v) is 1.76. The summed E-state index contributed by atoms with van der Waals surface area (Å²) in [4.78, 5) is 0. The van der Waals surface area contributed by atoms with Crippen molar-refractivity contribution in [3.63, 3.8) is 0 Å². The van der Waals surface area contributed by atoms with E-state index in [2.05, 4.69) is 10.6 Å². The van der Waals surface area contributed by atoms with Crippen molar-refractivity contribution < 1.29 is 5.11 Å². The van der Waals surface area contributed by atoms with Crippen LogP contribution in [0.1, 0.15) is 0 Å². The lowest BCUT2D eigenvalue weighted by atomic mass is 10.1. The van der Waals surface area contributed by atoms with Gasteiger partial charge in [-0.15, -0.1) is 0 Å². The van der Waals surface area contributed by atoms with Crippen LogP contribution in [-0.4, -0.2) is 5.11 Å². The molecule has 1 aliphatic rings. The Morgan fingerprint density at radius 3 is 2.20 bits per heavy atom. The van der Waals surface area contributed by atoms with E-state index in [-0.39, 0.29) is 5.75 Å². The Kier molecular flexibility index (Phi) is 1.59. The first kappa shape index (κ1) is 8.17. The molecule has 3 nitrogen and oxygen atoms in total. The second-order valence-corrected chi connectivity index (χ2v) is 3.50.